The van der Waals surface area contributed by atoms with Gasteiger partial charge in [-0.15, -0.1) is 0 Å². The monoisotopic (exact) mass is 367 g/mol. The maximum atomic E-state index is 13.3. The van der Waals surface area contributed by atoms with Crippen molar-refractivity contribution < 1.29 is 18.7 Å². The number of methoxy groups -OCH3 is 2. The molecule has 1 heterocycles. The molecule has 0 aliphatic carbocycles. The summed E-state index contributed by atoms with van der Waals surface area (Å²) in [4.78, 5) is 16.7. The van der Waals surface area contributed by atoms with Gasteiger partial charge in [0.05, 0.1) is 37.4 Å². The molecule has 1 aromatic heterocycles. The van der Waals surface area contributed by atoms with Crippen molar-refractivity contribution in [2.24, 2.45) is 0 Å². The van der Waals surface area contributed by atoms with E-state index in [2.05, 4.69) is 15.6 Å². The highest BCUT2D eigenvalue weighted by atomic mass is 19.1. The number of nitrogens with one attached hydrogen (secondary N) is 2. The first kappa shape index (κ1) is 18.2. The quantitative estimate of drug-likeness (QED) is 0.682. The van der Waals surface area contributed by atoms with Crippen LogP contribution >= 0.6 is 0 Å². The van der Waals surface area contributed by atoms with E-state index in [9.17, 15) is 9.18 Å². The van der Waals surface area contributed by atoms with Crippen LogP contribution in [0.1, 0.15) is 10.4 Å². The summed E-state index contributed by atoms with van der Waals surface area (Å²) in [5.74, 6) is 0.376. The van der Waals surface area contributed by atoms with Crippen LogP contribution in [0.25, 0.3) is 0 Å². The molecule has 6 nitrogen and oxygen atoms in total. The molecule has 3 aromatic rings. The summed E-state index contributed by atoms with van der Waals surface area (Å²) in [6.45, 7) is 0. The van der Waals surface area contributed by atoms with E-state index in [1.54, 1.807) is 49.7 Å². The Hall–Kier alpha value is -3.61. The van der Waals surface area contributed by atoms with E-state index >= 15 is 0 Å². The van der Waals surface area contributed by atoms with E-state index in [4.69, 9.17) is 9.47 Å². The molecule has 2 aromatic carbocycles. The summed E-state index contributed by atoms with van der Waals surface area (Å²) in [5.41, 5.74) is 1.93. The minimum atomic E-state index is -0.364. The Morgan fingerprint density at radius 1 is 1.00 bits per heavy atom. The first-order chi connectivity index (χ1) is 13.1. The molecule has 1 amide bonds. The average Bonchev–Trinajstić information content (AvgIpc) is 2.68. The number of carbonyl (C=O) groups excluding carboxylic acids is 1. The lowest BCUT2D eigenvalue weighted by molar-refractivity contribution is 0.102. The standard InChI is InChI=1S/C20H18FN3O3/c1-26-17-6-7-19(27-2)18(10-17)24-20(25)13-8-16(12-22-11-13)23-15-5-3-4-14(21)9-15/h3-12,23H,1-2H3,(H,24,25). The lowest BCUT2D eigenvalue weighted by Crippen LogP contribution is -2.13. The van der Waals surface area contributed by atoms with Gasteiger partial charge < -0.3 is 20.1 Å². The number of hydrogen-bond donors (Lipinski definition) is 2. The fourth-order valence-corrected chi connectivity index (χ4v) is 2.47. The predicted molar refractivity (Wildman–Crippen MR) is 101 cm³/mol. The molecule has 0 radical (unpaired) electrons. The van der Waals surface area contributed by atoms with E-state index < -0.39 is 0 Å². The van der Waals surface area contributed by atoms with Gasteiger partial charge in [-0.2, -0.15) is 0 Å². The highest BCUT2D eigenvalue weighted by Crippen LogP contribution is 2.29. The maximum Gasteiger partial charge on any atom is 0.257 e. The second-order valence-electron chi connectivity index (χ2n) is 5.62. The summed E-state index contributed by atoms with van der Waals surface area (Å²) in [6.07, 6.45) is 2.99. The molecule has 0 atom stereocenters. The van der Waals surface area contributed by atoms with Gasteiger partial charge in [-0.05, 0) is 36.4 Å². The number of benzene rings is 2. The molecule has 0 fully saturated rings. The lowest BCUT2D eigenvalue weighted by Gasteiger charge is -2.12. The highest BCUT2D eigenvalue weighted by Gasteiger charge is 2.12. The molecular formula is C20H18FN3O3. The molecule has 7 heteroatoms. The Kier molecular flexibility index (Phi) is 5.51. The van der Waals surface area contributed by atoms with Gasteiger partial charge in [0.25, 0.3) is 5.91 Å². The van der Waals surface area contributed by atoms with Gasteiger partial charge in [-0.1, -0.05) is 6.07 Å². The first-order valence-electron chi connectivity index (χ1n) is 8.10. The van der Waals surface area contributed by atoms with Crippen LogP contribution in [0.3, 0.4) is 0 Å². The molecule has 3 rings (SSSR count). The summed E-state index contributed by atoms with van der Waals surface area (Å²) in [5, 5.41) is 5.80. The fourth-order valence-electron chi connectivity index (χ4n) is 2.47. The van der Waals surface area contributed by atoms with Crippen LogP contribution in [-0.4, -0.2) is 25.1 Å². The fraction of sp³-hybridized carbons (Fsp3) is 0.100. The highest BCUT2D eigenvalue weighted by molar-refractivity contribution is 6.05. The zero-order valence-corrected chi connectivity index (χ0v) is 14.8. The minimum Gasteiger partial charge on any atom is -0.497 e. The number of ether oxygens (including phenoxy) is 2. The van der Waals surface area contributed by atoms with Gasteiger partial charge in [0.1, 0.15) is 17.3 Å². The lowest BCUT2D eigenvalue weighted by atomic mass is 10.2. The Labute approximate surface area is 156 Å². The first-order valence-corrected chi connectivity index (χ1v) is 8.10. The Balaban J connectivity index is 1.80. The van der Waals surface area contributed by atoms with Crippen molar-refractivity contribution in [2.45, 2.75) is 0 Å². The molecule has 2 N–H and O–H groups in total. The summed E-state index contributed by atoms with van der Waals surface area (Å²) < 4.78 is 23.7. The Bertz CT molecular complexity index is 963. The number of hydrogen-bond acceptors (Lipinski definition) is 5. The molecule has 0 saturated heterocycles. The third kappa shape index (κ3) is 4.52. The van der Waals surface area contributed by atoms with E-state index in [1.165, 1.54) is 25.4 Å². The topological polar surface area (TPSA) is 72.5 Å². The van der Waals surface area contributed by atoms with Crippen LogP contribution in [0.2, 0.25) is 0 Å². The Morgan fingerprint density at radius 2 is 1.85 bits per heavy atom. The van der Waals surface area contributed by atoms with Crippen LogP contribution in [0.5, 0.6) is 11.5 Å². The minimum absolute atomic E-state index is 0.335. The van der Waals surface area contributed by atoms with Gasteiger partial charge in [0, 0.05) is 18.0 Å². The van der Waals surface area contributed by atoms with Crippen LogP contribution in [0.4, 0.5) is 21.5 Å². The molecular weight excluding hydrogens is 349 g/mol. The van der Waals surface area contributed by atoms with Crippen LogP contribution in [0.15, 0.2) is 60.9 Å². The summed E-state index contributed by atoms with van der Waals surface area (Å²) >= 11 is 0. The van der Waals surface area contributed by atoms with Crippen molar-refractivity contribution in [1.82, 2.24) is 4.98 Å². The van der Waals surface area contributed by atoms with Crippen molar-refractivity contribution >= 4 is 23.0 Å². The van der Waals surface area contributed by atoms with E-state index in [-0.39, 0.29) is 11.7 Å². The molecule has 0 bridgehead atoms. The van der Waals surface area contributed by atoms with Crippen LogP contribution in [0, 0.1) is 5.82 Å². The van der Waals surface area contributed by atoms with Crippen molar-refractivity contribution in [3.8, 4) is 11.5 Å². The number of amides is 1. The molecule has 138 valence electrons. The molecule has 27 heavy (non-hydrogen) atoms. The van der Waals surface area contributed by atoms with Gasteiger partial charge in [0.15, 0.2) is 0 Å². The molecule has 0 spiro atoms. The third-order valence-corrected chi connectivity index (χ3v) is 3.77. The number of aromatic nitrogens is 1. The van der Waals surface area contributed by atoms with Gasteiger partial charge in [-0.25, -0.2) is 4.39 Å². The zero-order valence-electron chi connectivity index (χ0n) is 14.8. The van der Waals surface area contributed by atoms with Crippen LogP contribution < -0.4 is 20.1 Å². The number of rotatable bonds is 6. The van der Waals surface area contributed by atoms with Crippen molar-refractivity contribution in [3.63, 3.8) is 0 Å². The zero-order chi connectivity index (χ0) is 19.2. The smallest absolute Gasteiger partial charge is 0.257 e. The second kappa shape index (κ2) is 8.18. The number of carbonyl (C=O) groups is 1. The van der Waals surface area contributed by atoms with Crippen molar-refractivity contribution in [2.75, 3.05) is 24.9 Å². The largest absolute Gasteiger partial charge is 0.497 e. The van der Waals surface area contributed by atoms with E-state index in [0.717, 1.165) is 0 Å². The van der Waals surface area contributed by atoms with E-state index in [0.29, 0.717) is 34.1 Å². The average molecular weight is 367 g/mol. The van der Waals surface area contributed by atoms with Crippen LogP contribution in [-0.2, 0) is 0 Å². The molecule has 0 saturated carbocycles. The molecule has 0 aliphatic heterocycles. The molecule has 0 unspecified atom stereocenters. The summed E-state index contributed by atoms with van der Waals surface area (Å²) in [6, 6.07) is 12.8. The normalized spacial score (nSPS) is 10.2. The number of halogens is 1. The number of anilines is 3. The second-order valence-corrected chi connectivity index (χ2v) is 5.62. The van der Waals surface area contributed by atoms with Crippen molar-refractivity contribution in [3.05, 3.63) is 72.3 Å². The predicted octanol–water partition coefficient (Wildman–Crippen LogP) is 4.23. The van der Waals surface area contributed by atoms with Gasteiger partial charge >= 0.3 is 0 Å². The SMILES string of the molecule is COc1ccc(OC)c(NC(=O)c2cncc(Nc3cccc(F)c3)c2)c1. The number of pyridine rings is 1. The number of nitrogens with zero attached hydrogens (tertiary/aromatic N) is 1. The summed E-state index contributed by atoms with van der Waals surface area (Å²) in [7, 11) is 3.06. The van der Waals surface area contributed by atoms with Gasteiger partial charge in [-0.3, -0.25) is 9.78 Å². The van der Waals surface area contributed by atoms with Crippen molar-refractivity contribution in [1.29, 1.82) is 0 Å². The van der Waals surface area contributed by atoms with Gasteiger partial charge in [0.2, 0.25) is 0 Å². The molecule has 0 aliphatic rings. The maximum absolute atomic E-state index is 13.3. The van der Waals surface area contributed by atoms with E-state index in [1.807, 2.05) is 0 Å². The Morgan fingerprint density at radius 3 is 2.59 bits per heavy atom. The third-order valence-electron chi connectivity index (χ3n) is 3.77.